The number of nitrogen functional groups attached to an aromatic ring is 1. The fourth-order valence-corrected chi connectivity index (χ4v) is 4.40. The van der Waals surface area contributed by atoms with Crippen LogP contribution in [0.15, 0.2) is 123 Å². The first-order valence-electron chi connectivity index (χ1n) is 13.4. The molecule has 4 aromatic heterocycles. The standard InChI is InChI=1S/C16H14N4O2.C16H16N4/c1-12(19-9-8-17-11-19)16-7-4-14(10-18-16)13-2-5-15(6-3-13)20(21)22;1-12(20-9-8-18-11-20)16-7-4-14(10-19-16)13-2-5-15(17)6-3-13/h2-12H,1H3;2-12H,17H2,1H3. The van der Waals surface area contributed by atoms with Crippen molar-refractivity contribution in [1.29, 1.82) is 0 Å². The number of pyridine rings is 2. The molecule has 42 heavy (non-hydrogen) atoms. The Labute approximate surface area is 243 Å². The number of nitro groups is 1. The van der Waals surface area contributed by atoms with Crippen LogP contribution in [0.5, 0.6) is 0 Å². The summed E-state index contributed by atoms with van der Waals surface area (Å²) >= 11 is 0. The van der Waals surface area contributed by atoms with Gasteiger partial charge < -0.3 is 14.9 Å². The largest absolute Gasteiger partial charge is 0.399 e. The smallest absolute Gasteiger partial charge is 0.269 e. The molecule has 0 saturated carbocycles. The summed E-state index contributed by atoms with van der Waals surface area (Å²) in [7, 11) is 0. The zero-order chi connectivity index (χ0) is 29.5. The predicted octanol–water partition coefficient (Wildman–Crippen LogP) is 6.60. The molecular formula is C32H30N8O2. The number of benzene rings is 2. The van der Waals surface area contributed by atoms with Crippen molar-refractivity contribution in [1.82, 2.24) is 29.1 Å². The molecule has 0 aliphatic rings. The second kappa shape index (κ2) is 12.7. The molecule has 0 aliphatic heterocycles. The Morgan fingerprint density at radius 2 is 1.10 bits per heavy atom. The zero-order valence-electron chi connectivity index (χ0n) is 23.2. The molecule has 10 heteroatoms. The Kier molecular flexibility index (Phi) is 8.43. The highest BCUT2D eigenvalue weighted by molar-refractivity contribution is 5.65. The Bertz CT molecular complexity index is 1700. The van der Waals surface area contributed by atoms with E-state index in [9.17, 15) is 10.1 Å². The van der Waals surface area contributed by atoms with Crippen molar-refractivity contribution < 1.29 is 4.92 Å². The third-order valence-electron chi connectivity index (χ3n) is 7.03. The van der Waals surface area contributed by atoms with Gasteiger partial charge in [0.2, 0.25) is 0 Å². The van der Waals surface area contributed by atoms with Gasteiger partial charge in [-0.15, -0.1) is 0 Å². The predicted molar refractivity (Wildman–Crippen MR) is 162 cm³/mol. The molecule has 10 nitrogen and oxygen atoms in total. The zero-order valence-corrected chi connectivity index (χ0v) is 23.2. The third kappa shape index (κ3) is 6.56. The summed E-state index contributed by atoms with van der Waals surface area (Å²) in [6, 6.07) is 22.6. The first-order chi connectivity index (χ1) is 20.4. The maximum absolute atomic E-state index is 10.7. The maximum Gasteiger partial charge on any atom is 0.269 e. The van der Waals surface area contributed by atoms with Crippen LogP contribution >= 0.6 is 0 Å². The second-order valence-electron chi connectivity index (χ2n) is 9.74. The van der Waals surface area contributed by atoms with Crippen LogP contribution in [-0.2, 0) is 0 Å². The second-order valence-corrected chi connectivity index (χ2v) is 9.74. The van der Waals surface area contributed by atoms with E-state index < -0.39 is 4.92 Å². The maximum atomic E-state index is 10.7. The summed E-state index contributed by atoms with van der Waals surface area (Å²) in [5.74, 6) is 0. The van der Waals surface area contributed by atoms with Crippen LogP contribution in [0.4, 0.5) is 11.4 Å². The van der Waals surface area contributed by atoms with E-state index in [1.165, 1.54) is 12.1 Å². The molecule has 0 amide bonds. The van der Waals surface area contributed by atoms with Gasteiger partial charge in [0.25, 0.3) is 5.69 Å². The number of hydrogen-bond donors (Lipinski definition) is 1. The Hall–Kier alpha value is -5.64. The molecule has 4 heterocycles. The van der Waals surface area contributed by atoms with E-state index in [0.717, 1.165) is 39.3 Å². The number of nitrogens with zero attached hydrogens (tertiary/aromatic N) is 7. The van der Waals surface area contributed by atoms with Crippen LogP contribution in [0.1, 0.15) is 37.3 Å². The summed E-state index contributed by atoms with van der Waals surface area (Å²) in [6.07, 6.45) is 14.6. The minimum Gasteiger partial charge on any atom is -0.399 e. The molecular weight excluding hydrogens is 528 g/mol. The number of anilines is 1. The molecule has 0 aliphatic carbocycles. The number of aromatic nitrogens is 6. The minimum atomic E-state index is -0.405. The van der Waals surface area contributed by atoms with Crippen LogP contribution in [0.2, 0.25) is 0 Å². The van der Waals surface area contributed by atoms with Gasteiger partial charge in [0, 0.05) is 66.1 Å². The van der Waals surface area contributed by atoms with Crippen molar-refractivity contribution in [3.8, 4) is 22.3 Å². The first-order valence-corrected chi connectivity index (χ1v) is 13.4. The van der Waals surface area contributed by atoms with E-state index in [2.05, 4.69) is 45.9 Å². The summed E-state index contributed by atoms with van der Waals surface area (Å²) in [4.78, 5) is 27.4. The molecule has 6 rings (SSSR count). The monoisotopic (exact) mass is 558 g/mol. The lowest BCUT2D eigenvalue weighted by molar-refractivity contribution is -0.384. The van der Waals surface area contributed by atoms with Gasteiger partial charge in [-0.3, -0.25) is 20.1 Å². The minimum absolute atomic E-state index is 0.0852. The normalized spacial score (nSPS) is 12.1. The lowest BCUT2D eigenvalue weighted by Gasteiger charge is -2.12. The van der Waals surface area contributed by atoms with Crippen LogP contribution in [0.3, 0.4) is 0 Å². The van der Waals surface area contributed by atoms with E-state index >= 15 is 0 Å². The van der Waals surface area contributed by atoms with E-state index in [1.807, 2.05) is 64.1 Å². The third-order valence-corrected chi connectivity index (χ3v) is 7.03. The molecule has 2 unspecified atom stereocenters. The Balaban J connectivity index is 0.000000169. The van der Waals surface area contributed by atoms with E-state index in [-0.39, 0.29) is 17.8 Å². The number of imidazole rings is 2. The molecule has 2 aromatic carbocycles. The highest BCUT2D eigenvalue weighted by atomic mass is 16.6. The van der Waals surface area contributed by atoms with Gasteiger partial charge in [-0.1, -0.05) is 24.3 Å². The quantitative estimate of drug-likeness (QED) is 0.133. The fourth-order valence-electron chi connectivity index (χ4n) is 4.40. The average molecular weight is 559 g/mol. The molecule has 210 valence electrons. The van der Waals surface area contributed by atoms with Gasteiger partial charge in [0.15, 0.2) is 0 Å². The summed E-state index contributed by atoms with van der Waals surface area (Å²) < 4.78 is 4.01. The van der Waals surface area contributed by atoms with E-state index in [0.29, 0.717) is 0 Å². The average Bonchev–Trinajstić information content (AvgIpc) is 3.77. The van der Waals surface area contributed by atoms with E-state index in [1.54, 1.807) is 43.4 Å². The highest BCUT2D eigenvalue weighted by Crippen LogP contribution is 2.24. The topological polar surface area (TPSA) is 131 Å². The number of hydrogen-bond acceptors (Lipinski definition) is 7. The van der Waals surface area contributed by atoms with Gasteiger partial charge in [-0.05, 0) is 61.4 Å². The van der Waals surface area contributed by atoms with Gasteiger partial charge in [0.05, 0.1) is 41.0 Å². The van der Waals surface area contributed by atoms with Crippen molar-refractivity contribution in [2.45, 2.75) is 25.9 Å². The van der Waals surface area contributed by atoms with Gasteiger partial charge in [0.1, 0.15) is 0 Å². The molecule has 2 N–H and O–H groups in total. The lowest BCUT2D eigenvalue weighted by atomic mass is 10.1. The van der Waals surface area contributed by atoms with Crippen LogP contribution < -0.4 is 5.73 Å². The van der Waals surface area contributed by atoms with Gasteiger partial charge in [-0.2, -0.15) is 0 Å². The molecule has 0 radical (unpaired) electrons. The molecule has 0 bridgehead atoms. The van der Waals surface area contributed by atoms with Crippen LogP contribution in [-0.4, -0.2) is 34.0 Å². The highest BCUT2D eigenvalue weighted by Gasteiger charge is 2.11. The Morgan fingerprint density at radius 1 is 0.667 bits per heavy atom. The van der Waals surface area contributed by atoms with Crippen molar-refractivity contribution >= 4 is 11.4 Å². The summed E-state index contributed by atoms with van der Waals surface area (Å²) in [5.41, 5.74) is 12.5. The van der Waals surface area contributed by atoms with E-state index in [4.69, 9.17) is 5.73 Å². The molecule has 0 saturated heterocycles. The summed E-state index contributed by atoms with van der Waals surface area (Å²) in [5, 5.41) is 10.7. The number of non-ortho nitro benzene ring substituents is 1. The molecule has 0 fully saturated rings. The fraction of sp³-hybridized carbons (Fsp3) is 0.125. The first kappa shape index (κ1) is 27.9. The van der Waals surface area contributed by atoms with Crippen molar-refractivity contribution in [2.75, 3.05) is 5.73 Å². The molecule has 0 spiro atoms. The molecule has 2 atom stereocenters. The number of rotatable bonds is 7. The molecule has 6 aromatic rings. The lowest BCUT2D eigenvalue weighted by Crippen LogP contribution is -2.06. The van der Waals surface area contributed by atoms with Crippen LogP contribution in [0.25, 0.3) is 22.3 Å². The van der Waals surface area contributed by atoms with Crippen molar-refractivity contribution in [3.63, 3.8) is 0 Å². The van der Waals surface area contributed by atoms with Gasteiger partial charge in [-0.25, -0.2) is 9.97 Å². The Morgan fingerprint density at radius 3 is 1.45 bits per heavy atom. The van der Waals surface area contributed by atoms with Gasteiger partial charge >= 0.3 is 0 Å². The SMILES string of the molecule is CC(c1ccc(-c2ccc(N)cc2)cn1)n1ccnc1.CC(c1ccc(-c2ccc([N+](=O)[O-])cc2)cn1)n1ccnc1. The van der Waals surface area contributed by atoms with Crippen molar-refractivity contribution in [2.24, 2.45) is 0 Å². The van der Waals surface area contributed by atoms with Crippen LogP contribution in [0, 0.1) is 10.1 Å². The summed E-state index contributed by atoms with van der Waals surface area (Å²) in [6.45, 7) is 4.16. The number of nitro benzene ring substituents is 1. The number of nitrogens with two attached hydrogens (primary N) is 1. The van der Waals surface area contributed by atoms with Crippen molar-refractivity contribution in [3.05, 3.63) is 144 Å².